The molecule has 1 aliphatic rings. The molecule has 0 radical (unpaired) electrons. The van der Waals surface area contributed by atoms with Crippen LogP contribution in [0.3, 0.4) is 0 Å². The Bertz CT molecular complexity index is 182. The maximum atomic E-state index is 10.8. The minimum atomic E-state index is 0.162. The molecule has 1 saturated heterocycles. The van der Waals surface area contributed by atoms with Crippen molar-refractivity contribution < 1.29 is 4.79 Å². The molecule has 0 aromatic heterocycles. The summed E-state index contributed by atoms with van der Waals surface area (Å²) in [7, 11) is 0. The molecule has 1 unspecified atom stereocenters. The molecule has 0 saturated carbocycles. The van der Waals surface area contributed by atoms with E-state index in [0.29, 0.717) is 12.5 Å². The van der Waals surface area contributed by atoms with Crippen LogP contribution in [0.5, 0.6) is 0 Å². The van der Waals surface area contributed by atoms with E-state index in [2.05, 4.69) is 10.6 Å². The quantitative estimate of drug-likeness (QED) is 0.635. The number of rotatable bonds is 4. The molecule has 12 heavy (non-hydrogen) atoms. The van der Waals surface area contributed by atoms with Gasteiger partial charge in [0, 0.05) is 31.1 Å². The van der Waals surface area contributed by atoms with E-state index in [1.54, 1.807) is 0 Å². The highest BCUT2D eigenvalue weighted by molar-refractivity contribution is 6.25. The summed E-state index contributed by atoms with van der Waals surface area (Å²) in [5.74, 6) is 0.162. The lowest BCUT2D eigenvalue weighted by Crippen LogP contribution is -2.35. The summed E-state index contributed by atoms with van der Waals surface area (Å²) in [6, 6.07) is 0.307. The zero-order valence-electron chi connectivity index (χ0n) is 6.85. The van der Waals surface area contributed by atoms with E-state index < -0.39 is 0 Å². The van der Waals surface area contributed by atoms with E-state index in [1.807, 2.05) is 6.08 Å². The highest BCUT2D eigenvalue weighted by atomic mass is 35.5. The first-order chi connectivity index (χ1) is 5.83. The molecule has 0 spiro atoms. The second-order valence-electron chi connectivity index (χ2n) is 2.82. The van der Waals surface area contributed by atoms with E-state index in [9.17, 15) is 4.79 Å². The van der Waals surface area contributed by atoms with Gasteiger partial charge in [-0.05, 0) is 6.42 Å². The Balaban J connectivity index is 2.04. The fraction of sp³-hybridized carbons (Fsp3) is 0.625. The van der Waals surface area contributed by atoms with Gasteiger partial charge in [0.2, 0.25) is 5.91 Å². The van der Waals surface area contributed by atoms with Crippen molar-refractivity contribution in [2.45, 2.75) is 18.9 Å². The lowest BCUT2D eigenvalue weighted by atomic mass is 10.2. The molecule has 4 heteroatoms. The van der Waals surface area contributed by atoms with Gasteiger partial charge in [0.05, 0.1) is 0 Å². The standard InChI is InChI=1S/C8H13ClN2O/c9-4-1-5-10-6-7-2-3-8(12)11-7/h1,4,7,10H,2-3,5-6H2,(H,11,12)/b4-1+. The van der Waals surface area contributed by atoms with Crippen molar-refractivity contribution in [1.29, 1.82) is 0 Å². The molecule has 1 rings (SSSR count). The second kappa shape index (κ2) is 5.17. The molecule has 68 valence electrons. The Labute approximate surface area is 77.2 Å². The number of hydrogen-bond acceptors (Lipinski definition) is 2. The number of nitrogens with one attached hydrogen (secondary N) is 2. The Kier molecular flexibility index (Phi) is 4.11. The zero-order valence-corrected chi connectivity index (χ0v) is 7.60. The van der Waals surface area contributed by atoms with Crippen LogP contribution in [0.2, 0.25) is 0 Å². The fourth-order valence-electron chi connectivity index (χ4n) is 1.22. The SMILES string of the molecule is O=C1CCC(CNC/C=C/Cl)N1. The molecule has 1 heterocycles. The van der Waals surface area contributed by atoms with E-state index in [1.165, 1.54) is 5.54 Å². The third kappa shape index (κ3) is 3.24. The van der Waals surface area contributed by atoms with Crippen molar-refractivity contribution in [3.63, 3.8) is 0 Å². The van der Waals surface area contributed by atoms with E-state index in [0.717, 1.165) is 19.5 Å². The summed E-state index contributed by atoms with van der Waals surface area (Å²) >= 11 is 5.33. The summed E-state index contributed by atoms with van der Waals surface area (Å²) in [5, 5.41) is 6.04. The first-order valence-corrected chi connectivity index (χ1v) is 4.52. The third-order valence-electron chi connectivity index (χ3n) is 1.83. The second-order valence-corrected chi connectivity index (χ2v) is 3.08. The molecular weight excluding hydrogens is 176 g/mol. The van der Waals surface area contributed by atoms with Gasteiger partial charge in [-0.15, -0.1) is 0 Å². The lowest BCUT2D eigenvalue weighted by molar-refractivity contribution is -0.119. The number of carbonyl (C=O) groups excluding carboxylic acids is 1. The van der Waals surface area contributed by atoms with Crippen molar-refractivity contribution in [2.75, 3.05) is 13.1 Å². The van der Waals surface area contributed by atoms with Crippen LogP contribution in [0.4, 0.5) is 0 Å². The predicted octanol–water partition coefficient (Wildman–Crippen LogP) is 0.607. The number of carbonyl (C=O) groups is 1. The number of halogens is 1. The molecule has 1 atom stereocenters. The maximum Gasteiger partial charge on any atom is 0.220 e. The highest BCUT2D eigenvalue weighted by Gasteiger charge is 2.19. The Morgan fingerprint density at radius 3 is 3.17 bits per heavy atom. The Morgan fingerprint density at radius 1 is 1.75 bits per heavy atom. The van der Waals surface area contributed by atoms with Gasteiger partial charge < -0.3 is 10.6 Å². The number of amides is 1. The van der Waals surface area contributed by atoms with Crippen molar-refractivity contribution in [2.24, 2.45) is 0 Å². The van der Waals surface area contributed by atoms with Crippen LogP contribution in [0.15, 0.2) is 11.6 Å². The summed E-state index contributed by atoms with van der Waals surface area (Å²) < 4.78 is 0. The topological polar surface area (TPSA) is 41.1 Å². The average Bonchev–Trinajstić information content (AvgIpc) is 2.45. The minimum Gasteiger partial charge on any atom is -0.352 e. The van der Waals surface area contributed by atoms with Gasteiger partial charge in [0.25, 0.3) is 0 Å². The first-order valence-electron chi connectivity index (χ1n) is 4.08. The Morgan fingerprint density at radius 2 is 2.58 bits per heavy atom. The molecule has 3 nitrogen and oxygen atoms in total. The molecule has 1 amide bonds. The van der Waals surface area contributed by atoms with E-state index in [4.69, 9.17) is 11.6 Å². The summed E-state index contributed by atoms with van der Waals surface area (Å²) in [5.41, 5.74) is 1.49. The van der Waals surface area contributed by atoms with Crippen LogP contribution in [-0.2, 0) is 4.79 Å². The van der Waals surface area contributed by atoms with E-state index in [-0.39, 0.29) is 5.91 Å². The molecule has 1 aliphatic heterocycles. The van der Waals surface area contributed by atoms with Crippen LogP contribution in [0, 0.1) is 0 Å². The van der Waals surface area contributed by atoms with Crippen LogP contribution >= 0.6 is 11.6 Å². The number of hydrogen-bond donors (Lipinski definition) is 2. The molecule has 0 aliphatic carbocycles. The van der Waals surface area contributed by atoms with Crippen LogP contribution < -0.4 is 10.6 Å². The largest absolute Gasteiger partial charge is 0.352 e. The van der Waals surface area contributed by atoms with Gasteiger partial charge in [0.15, 0.2) is 0 Å². The van der Waals surface area contributed by atoms with E-state index >= 15 is 0 Å². The van der Waals surface area contributed by atoms with Crippen LogP contribution in [-0.4, -0.2) is 25.0 Å². The van der Waals surface area contributed by atoms with Gasteiger partial charge >= 0.3 is 0 Å². The zero-order chi connectivity index (χ0) is 8.81. The molecule has 0 bridgehead atoms. The average molecular weight is 189 g/mol. The fourth-order valence-corrected chi connectivity index (χ4v) is 1.30. The highest BCUT2D eigenvalue weighted by Crippen LogP contribution is 2.04. The van der Waals surface area contributed by atoms with Gasteiger partial charge in [-0.2, -0.15) is 0 Å². The maximum absolute atomic E-state index is 10.8. The van der Waals surface area contributed by atoms with Crippen LogP contribution in [0.25, 0.3) is 0 Å². The Hall–Kier alpha value is -0.540. The summed E-state index contributed by atoms with van der Waals surface area (Å²) in [6.45, 7) is 1.59. The minimum absolute atomic E-state index is 0.162. The van der Waals surface area contributed by atoms with Gasteiger partial charge in [-0.25, -0.2) is 0 Å². The summed E-state index contributed by atoms with van der Waals surface area (Å²) in [4.78, 5) is 10.8. The van der Waals surface area contributed by atoms with Crippen molar-refractivity contribution in [1.82, 2.24) is 10.6 Å². The normalized spacial score (nSPS) is 23.4. The van der Waals surface area contributed by atoms with Gasteiger partial charge in [0.1, 0.15) is 0 Å². The van der Waals surface area contributed by atoms with Gasteiger partial charge in [-0.3, -0.25) is 4.79 Å². The molecule has 0 aromatic rings. The van der Waals surface area contributed by atoms with Crippen molar-refractivity contribution in [3.8, 4) is 0 Å². The molecule has 2 N–H and O–H groups in total. The summed E-state index contributed by atoms with van der Waals surface area (Å²) in [6.07, 6.45) is 3.44. The van der Waals surface area contributed by atoms with Gasteiger partial charge in [-0.1, -0.05) is 17.7 Å². The molecule has 1 fully saturated rings. The molecule has 0 aromatic carbocycles. The van der Waals surface area contributed by atoms with Crippen molar-refractivity contribution >= 4 is 17.5 Å². The van der Waals surface area contributed by atoms with Crippen molar-refractivity contribution in [3.05, 3.63) is 11.6 Å². The lowest BCUT2D eigenvalue weighted by Gasteiger charge is -2.09. The third-order valence-corrected chi connectivity index (χ3v) is 2.01. The monoisotopic (exact) mass is 188 g/mol. The smallest absolute Gasteiger partial charge is 0.220 e. The first kappa shape index (κ1) is 9.55. The predicted molar refractivity (Wildman–Crippen MR) is 49.0 cm³/mol. The molecular formula is C8H13ClN2O. The van der Waals surface area contributed by atoms with Crippen LogP contribution in [0.1, 0.15) is 12.8 Å².